The summed E-state index contributed by atoms with van der Waals surface area (Å²) in [6.45, 7) is 5.83. The van der Waals surface area contributed by atoms with E-state index in [0.29, 0.717) is 36.3 Å². The van der Waals surface area contributed by atoms with Crippen molar-refractivity contribution in [1.82, 2.24) is 25.8 Å². The molecule has 4 aliphatic rings. The second kappa shape index (κ2) is 12.5. The van der Waals surface area contributed by atoms with Crippen LogP contribution in [0.2, 0.25) is 0 Å². The van der Waals surface area contributed by atoms with E-state index in [9.17, 15) is 4.79 Å². The summed E-state index contributed by atoms with van der Waals surface area (Å²) in [5.74, 6) is 1.77. The number of dihydropyridines is 1. The van der Waals surface area contributed by atoms with E-state index in [2.05, 4.69) is 50.1 Å². The lowest BCUT2D eigenvalue weighted by Gasteiger charge is -2.33. The average molecular weight is 508 g/mol. The van der Waals surface area contributed by atoms with E-state index in [1.807, 2.05) is 12.1 Å². The van der Waals surface area contributed by atoms with Crippen LogP contribution in [-0.4, -0.2) is 91.4 Å². The quantitative estimate of drug-likeness (QED) is 0.320. The molecule has 0 spiro atoms. The van der Waals surface area contributed by atoms with E-state index in [1.165, 1.54) is 0 Å². The second-order valence-electron chi connectivity index (χ2n) is 9.75. The maximum absolute atomic E-state index is 12.7. The molecule has 1 aromatic rings. The van der Waals surface area contributed by atoms with Crippen molar-refractivity contribution in [1.29, 1.82) is 0 Å². The zero-order chi connectivity index (χ0) is 25.5. The van der Waals surface area contributed by atoms with Crippen molar-refractivity contribution in [3.63, 3.8) is 0 Å². The first kappa shape index (κ1) is 25.6. The fraction of sp³-hybridized carbons (Fsp3) is 0.519. The normalized spacial score (nSPS) is 25.6. The van der Waals surface area contributed by atoms with Gasteiger partial charge in [-0.2, -0.15) is 0 Å². The molecule has 0 amide bonds. The number of rotatable bonds is 8. The van der Waals surface area contributed by atoms with Crippen molar-refractivity contribution >= 4 is 11.7 Å². The second-order valence-corrected chi connectivity index (χ2v) is 9.75. The van der Waals surface area contributed by atoms with Gasteiger partial charge < -0.3 is 30.8 Å². The minimum absolute atomic E-state index is 0.138. The zero-order valence-electron chi connectivity index (χ0n) is 21.2. The Balaban J connectivity index is 1.23. The molecule has 3 atom stereocenters. The molecule has 1 saturated heterocycles. The number of morpholine rings is 1. The average Bonchev–Trinajstić information content (AvgIpc) is 2.93. The Hall–Kier alpha value is -3.05. The summed E-state index contributed by atoms with van der Waals surface area (Å²) >= 11 is 0. The van der Waals surface area contributed by atoms with Gasteiger partial charge in [0.25, 0.3) is 5.56 Å². The number of allylic oxidation sites excluding steroid dienone is 1. The number of nitrogens with one attached hydrogen (secondary N) is 4. The zero-order valence-corrected chi connectivity index (χ0v) is 21.2. The molecule has 10 nitrogen and oxygen atoms in total. The van der Waals surface area contributed by atoms with E-state index in [-0.39, 0.29) is 18.3 Å². The van der Waals surface area contributed by atoms with E-state index >= 15 is 0 Å². The molecular formula is C27H37N7O3. The molecule has 0 bridgehead atoms. The highest BCUT2D eigenvalue weighted by molar-refractivity contribution is 6.02. The van der Waals surface area contributed by atoms with Crippen molar-refractivity contribution in [2.24, 2.45) is 15.9 Å². The highest BCUT2D eigenvalue weighted by Gasteiger charge is 2.26. The van der Waals surface area contributed by atoms with Gasteiger partial charge in [0.2, 0.25) is 0 Å². The monoisotopic (exact) mass is 507 g/mol. The third-order valence-electron chi connectivity index (χ3n) is 7.15. The smallest absolute Gasteiger partial charge is 0.259 e. The third kappa shape index (κ3) is 6.64. The van der Waals surface area contributed by atoms with Gasteiger partial charge in [0.1, 0.15) is 17.8 Å². The van der Waals surface area contributed by atoms with Gasteiger partial charge in [-0.1, -0.05) is 18.2 Å². The van der Waals surface area contributed by atoms with Crippen molar-refractivity contribution < 1.29 is 9.84 Å². The Bertz CT molecular complexity index is 1150. The van der Waals surface area contributed by atoms with Gasteiger partial charge in [0.05, 0.1) is 25.4 Å². The number of aliphatic hydroxyl groups is 1. The van der Waals surface area contributed by atoms with Gasteiger partial charge in [0.15, 0.2) is 0 Å². The third-order valence-corrected chi connectivity index (χ3v) is 7.15. The number of aliphatic hydroxyl groups excluding tert-OH is 1. The van der Waals surface area contributed by atoms with Crippen molar-refractivity contribution in [2.45, 2.75) is 31.5 Å². The summed E-state index contributed by atoms with van der Waals surface area (Å²) in [7, 11) is 0. The van der Waals surface area contributed by atoms with Gasteiger partial charge >= 0.3 is 0 Å². The Morgan fingerprint density at radius 1 is 1.19 bits per heavy atom. The number of fused-ring (bicyclic) bond motifs is 1. The fourth-order valence-corrected chi connectivity index (χ4v) is 5.12. The standard InChI is InChI=1S/C27H37N7O3/c35-14-11-28-9-7-19-1-6-23(30-18-19)32-24-17-20-8-10-29-27(36)25(20)26(33-24)31-21-2-4-22(5-3-21)34-12-15-37-16-13-34/h1-4,6,8,10,19,22,24,28,35H,5,7,9,11-18H2,(H,29,36)(H,30,32)(H,31,33). The van der Waals surface area contributed by atoms with E-state index in [1.54, 1.807) is 6.20 Å². The molecule has 0 radical (unpaired) electrons. The topological polar surface area (TPSA) is 126 Å². The van der Waals surface area contributed by atoms with Gasteiger partial charge in [-0.3, -0.25) is 14.7 Å². The van der Waals surface area contributed by atoms with Crippen LogP contribution in [0.5, 0.6) is 0 Å². The molecular weight excluding hydrogens is 470 g/mol. The molecule has 3 unspecified atom stereocenters. The molecule has 1 fully saturated rings. The molecule has 0 saturated carbocycles. The summed E-state index contributed by atoms with van der Waals surface area (Å²) < 4.78 is 5.48. The largest absolute Gasteiger partial charge is 0.395 e. The van der Waals surface area contributed by atoms with E-state index in [4.69, 9.17) is 19.8 Å². The van der Waals surface area contributed by atoms with Crippen LogP contribution in [0.4, 0.5) is 0 Å². The molecule has 4 heterocycles. The SMILES string of the molecule is O=c1[nH]ccc2c1C(NC1=CCC(N3CCOCC3)C=C1)=NC(NC1=NCC(CCNCCO)C=C1)C2. The number of aromatic amines is 1. The Morgan fingerprint density at radius 3 is 2.84 bits per heavy atom. The lowest BCUT2D eigenvalue weighted by molar-refractivity contribution is 0.0259. The Kier molecular flexibility index (Phi) is 8.62. The van der Waals surface area contributed by atoms with Gasteiger partial charge in [0, 0.05) is 50.5 Å². The number of aromatic nitrogens is 1. The van der Waals surface area contributed by atoms with Gasteiger partial charge in [-0.05, 0) is 49.1 Å². The van der Waals surface area contributed by atoms with Crippen LogP contribution < -0.4 is 21.5 Å². The lowest BCUT2D eigenvalue weighted by Crippen LogP contribution is -2.44. The molecule has 37 heavy (non-hydrogen) atoms. The van der Waals surface area contributed by atoms with Crippen LogP contribution in [0.1, 0.15) is 24.0 Å². The Labute approximate surface area is 217 Å². The fourth-order valence-electron chi connectivity index (χ4n) is 5.12. The number of hydrogen-bond donors (Lipinski definition) is 5. The minimum atomic E-state index is -0.225. The van der Waals surface area contributed by atoms with Gasteiger partial charge in [-0.25, -0.2) is 4.99 Å². The van der Waals surface area contributed by atoms with E-state index in [0.717, 1.165) is 69.3 Å². The maximum atomic E-state index is 12.7. The van der Waals surface area contributed by atoms with Gasteiger partial charge in [-0.15, -0.1) is 0 Å². The van der Waals surface area contributed by atoms with E-state index < -0.39 is 0 Å². The number of amidine groups is 2. The number of ether oxygens (including phenoxy) is 1. The predicted octanol–water partition coefficient (Wildman–Crippen LogP) is 0.284. The highest BCUT2D eigenvalue weighted by atomic mass is 16.5. The summed E-state index contributed by atoms with van der Waals surface area (Å²) in [5, 5.41) is 19.0. The molecule has 0 aromatic carbocycles. The lowest BCUT2D eigenvalue weighted by atomic mass is 9.99. The van der Waals surface area contributed by atoms with Crippen LogP contribution in [0.15, 0.2) is 63.1 Å². The first-order valence-electron chi connectivity index (χ1n) is 13.3. The molecule has 1 aliphatic carbocycles. The first-order chi connectivity index (χ1) is 18.2. The number of pyridine rings is 1. The minimum Gasteiger partial charge on any atom is -0.395 e. The molecule has 10 heteroatoms. The van der Waals surface area contributed by atoms with Crippen LogP contribution in [0, 0.1) is 5.92 Å². The number of hydrogen-bond acceptors (Lipinski definition) is 9. The Morgan fingerprint density at radius 2 is 2.08 bits per heavy atom. The van der Waals surface area contributed by atoms with Crippen LogP contribution in [0.3, 0.4) is 0 Å². The highest BCUT2D eigenvalue weighted by Crippen LogP contribution is 2.19. The summed E-state index contributed by atoms with van der Waals surface area (Å²) in [6, 6.07) is 2.33. The molecule has 3 aliphatic heterocycles. The van der Waals surface area contributed by atoms with Crippen molar-refractivity contribution in [3.8, 4) is 0 Å². The van der Waals surface area contributed by atoms with Crippen LogP contribution in [0.25, 0.3) is 0 Å². The molecule has 198 valence electrons. The number of nitrogens with zero attached hydrogens (tertiary/aromatic N) is 3. The summed E-state index contributed by atoms with van der Waals surface area (Å²) in [5.41, 5.74) is 2.37. The maximum Gasteiger partial charge on any atom is 0.259 e. The van der Waals surface area contributed by atoms with Crippen molar-refractivity contribution in [3.05, 3.63) is 69.8 Å². The molecule has 1 aromatic heterocycles. The van der Waals surface area contributed by atoms with Crippen LogP contribution >= 0.6 is 0 Å². The first-order valence-corrected chi connectivity index (χ1v) is 13.3. The molecule has 5 N–H and O–H groups in total. The number of H-pyrrole nitrogens is 1. The predicted molar refractivity (Wildman–Crippen MR) is 145 cm³/mol. The summed E-state index contributed by atoms with van der Waals surface area (Å²) in [6.07, 6.45) is 14.7. The summed E-state index contributed by atoms with van der Waals surface area (Å²) in [4.78, 5) is 27.6. The van der Waals surface area contributed by atoms with Crippen molar-refractivity contribution in [2.75, 3.05) is 52.5 Å². The van der Waals surface area contributed by atoms with Crippen LogP contribution in [-0.2, 0) is 11.2 Å². The molecule has 5 rings (SSSR count). The number of aliphatic imine (C=N–C) groups is 2.